The fraction of sp³-hybridized carbons (Fsp3) is 0.818. The Morgan fingerprint density at radius 1 is 1.12 bits per heavy atom. The number of fused-ring (bicyclic) bond motifs is 5. The first-order valence-electron chi connectivity index (χ1n) is 10.2. The zero-order valence-electron chi connectivity index (χ0n) is 14.8. The lowest BCUT2D eigenvalue weighted by Gasteiger charge is -2.56. The quantitative estimate of drug-likeness (QED) is 0.688. The van der Waals surface area contributed by atoms with Crippen molar-refractivity contribution in [2.45, 2.75) is 64.7 Å². The average molecular weight is 323 g/mol. The normalized spacial score (nSPS) is 50.3. The summed E-state index contributed by atoms with van der Waals surface area (Å²) in [6.07, 6.45) is 12.9. The molecule has 128 valence electrons. The Kier molecular flexibility index (Phi) is 3.29. The van der Waals surface area contributed by atoms with Gasteiger partial charge in [0.05, 0.1) is 12.0 Å². The molecule has 0 amide bonds. The number of ketones is 1. The van der Waals surface area contributed by atoms with Crippen molar-refractivity contribution >= 4 is 5.78 Å². The first-order chi connectivity index (χ1) is 11.6. The third-order valence-corrected chi connectivity index (χ3v) is 8.78. The molecule has 24 heavy (non-hydrogen) atoms. The van der Waals surface area contributed by atoms with E-state index in [9.17, 15) is 10.1 Å². The Hall–Kier alpha value is -1.10. The van der Waals surface area contributed by atoms with Crippen molar-refractivity contribution in [2.24, 2.45) is 46.8 Å². The van der Waals surface area contributed by atoms with Crippen LogP contribution >= 0.6 is 0 Å². The molecule has 0 aromatic heterocycles. The van der Waals surface area contributed by atoms with E-state index in [-0.39, 0.29) is 11.3 Å². The van der Waals surface area contributed by atoms with Crippen molar-refractivity contribution in [1.29, 1.82) is 5.26 Å². The zero-order chi connectivity index (χ0) is 16.5. The molecule has 0 saturated heterocycles. The van der Waals surface area contributed by atoms with Gasteiger partial charge >= 0.3 is 0 Å². The smallest absolute Gasteiger partial charge is 0.155 e. The molecule has 2 heteroatoms. The van der Waals surface area contributed by atoms with Crippen molar-refractivity contribution < 1.29 is 4.79 Å². The SMILES string of the molecule is C[C@]12CC[C@H]3[C@@H](C(C4CC4)CC4=CC(=O)CC[C@@H]43)[C@@H]1CC[C@@H]2C#N. The van der Waals surface area contributed by atoms with Crippen LogP contribution < -0.4 is 0 Å². The minimum Gasteiger partial charge on any atom is -0.295 e. The lowest BCUT2D eigenvalue weighted by Crippen LogP contribution is -2.50. The highest BCUT2D eigenvalue weighted by Crippen LogP contribution is 2.67. The van der Waals surface area contributed by atoms with E-state index >= 15 is 0 Å². The Morgan fingerprint density at radius 2 is 1.96 bits per heavy atom. The number of allylic oxidation sites excluding steroid dienone is 1. The molecule has 4 fully saturated rings. The van der Waals surface area contributed by atoms with Crippen LogP contribution in [0.1, 0.15) is 64.7 Å². The summed E-state index contributed by atoms with van der Waals surface area (Å²) in [5.41, 5.74) is 1.79. The largest absolute Gasteiger partial charge is 0.295 e. The van der Waals surface area contributed by atoms with Crippen LogP contribution in [0, 0.1) is 58.2 Å². The topological polar surface area (TPSA) is 40.9 Å². The number of nitriles is 1. The van der Waals surface area contributed by atoms with E-state index < -0.39 is 0 Å². The molecule has 0 aromatic carbocycles. The van der Waals surface area contributed by atoms with E-state index in [1.807, 2.05) is 6.08 Å². The van der Waals surface area contributed by atoms with Gasteiger partial charge in [-0.05, 0) is 98.4 Å². The van der Waals surface area contributed by atoms with Crippen LogP contribution in [0.2, 0.25) is 0 Å². The third-order valence-electron chi connectivity index (χ3n) is 8.78. The zero-order valence-corrected chi connectivity index (χ0v) is 14.8. The summed E-state index contributed by atoms with van der Waals surface area (Å²) < 4.78 is 0. The number of carbonyl (C=O) groups is 1. The Labute approximate surface area is 145 Å². The van der Waals surface area contributed by atoms with Gasteiger partial charge in [0.25, 0.3) is 0 Å². The Morgan fingerprint density at radius 3 is 2.71 bits per heavy atom. The van der Waals surface area contributed by atoms with Gasteiger partial charge in [-0.25, -0.2) is 0 Å². The maximum Gasteiger partial charge on any atom is 0.155 e. The minimum atomic E-state index is 0.273. The van der Waals surface area contributed by atoms with Crippen molar-refractivity contribution in [1.82, 2.24) is 0 Å². The van der Waals surface area contributed by atoms with Gasteiger partial charge in [0, 0.05) is 6.42 Å². The molecule has 5 aliphatic rings. The number of carbonyl (C=O) groups excluding carboxylic acids is 1. The number of rotatable bonds is 1. The standard InChI is InChI=1S/C22H29NO/c1-22-9-8-18-17-6-5-16(24)10-14(17)11-19(13-2-3-13)21(18)20(22)7-4-15(22)12-23/h10,13,15,17-21H,2-9,11H2,1H3/t15-,17+,18-,19?,20+,21+,22-/m1/s1. The molecule has 4 saturated carbocycles. The molecule has 5 aliphatic carbocycles. The summed E-state index contributed by atoms with van der Waals surface area (Å²) in [6.45, 7) is 2.44. The molecule has 0 spiro atoms. The lowest BCUT2D eigenvalue weighted by molar-refractivity contribution is -0.116. The van der Waals surface area contributed by atoms with Gasteiger partial charge < -0.3 is 0 Å². The van der Waals surface area contributed by atoms with Crippen molar-refractivity contribution in [3.8, 4) is 6.07 Å². The Balaban J connectivity index is 1.53. The van der Waals surface area contributed by atoms with Crippen LogP contribution in [-0.2, 0) is 4.79 Å². The summed E-state index contributed by atoms with van der Waals surface area (Å²) >= 11 is 0. The molecular weight excluding hydrogens is 294 g/mol. The summed E-state index contributed by atoms with van der Waals surface area (Å²) in [6, 6.07) is 2.66. The van der Waals surface area contributed by atoms with Crippen molar-refractivity contribution in [3.05, 3.63) is 11.6 Å². The second-order valence-electron chi connectivity index (χ2n) is 9.69. The average Bonchev–Trinajstić information content (AvgIpc) is 3.35. The predicted octanol–water partition coefficient (Wildman–Crippen LogP) is 4.90. The molecule has 0 radical (unpaired) electrons. The van der Waals surface area contributed by atoms with Crippen molar-refractivity contribution in [2.75, 3.05) is 0 Å². The Bertz CT molecular complexity index is 639. The maximum absolute atomic E-state index is 12.0. The monoisotopic (exact) mass is 323 g/mol. The van der Waals surface area contributed by atoms with Gasteiger partial charge in [0.1, 0.15) is 0 Å². The van der Waals surface area contributed by atoms with Gasteiger partial charge in [-0.3, -0.25) is 4.79 Å². The summed E-state index contributed by atoms with van der Waals surface area (Å²) in [5.74, 6) is 5.49. The number of hydrogen-bond acceptors (Lipinski definition) is 2. The lowest BCUT2D eigenvalue weighted by atomic mass is 9.48. The summed E-state index contributed by atoms with van der Waals surface area (Å²) in [5, 5.41) is 9.67. The summed E-state index contributed by atoms with van der Waals surface area (Å²) in [7, 11) is 0. The molecule has 0 aromatic rings. The van der Waals surface area contributed by atoms with Crippen LogP contribution in [0.5, 0.6) is 0 Å². The molecule has 5 rings (SSSR count). The van der Waals surface area contributed by atoms with Gasteiger partial charge in [0.15, 0.2) is 5.78 Å². The number of nitrogens with zero attached hydrogens (tertiary/aromatic N) is 1. The van der Waals surface area contributed by atoms with Crippen LogP contribution in [0.4, 0.5) is 0 Å². The predicted molar refractivity (Wildman–Crippen MR) is 92.8 cm³/mol. The molecule has 7 atom stereocenters. The van der Waals surface area contributed by atoms with Gasteiger partial charge in [-0.1, -0.05) is 12.5 Å². The van der Waals surface area contributed by atoms with Crippen LogP contribution in [0.25, 0.3) is 0 Å². The second kappa shape index (κ2) is 5.20. The molecule has 0 aliphatic heterocycles. The second-order valence-corrected chi connectivity index (χ2v) is 9.69. The molecule has 0 bridgehead atoms. The number of hydrogen-bond donors (Lipinski definition) is 0. The van der Waals surface area contributed by atoms with E-state index in [1.54, 1.807) is 0 Å². The first kappa shape index (κ1) is 15.2. The van der Waals surface area contributed by atoms with E-state index in [4.69, 9.17) is 0 Å². The highest BCUT2D eigenvalue weighted by Gasteiger charge is 2.60. The van der Waals surface area contributed by atoms with Gasteiger partial charge in [-0.15, -0.1) is 0 Å². The van der Waals surface area contributed by atoms with Crippen LogP contribution in [-0.4, -0.2) is 5.78 Å². The molecule has 2 nitrogen and oxygen atoms in total. The minimum absolute atomic E-state index is 0.273. The molecule has 0 N–H and O–H groups in total. The van der Waals surface area contributed by atoms with Crippen molar-refractivity contribution in [3.63, 3.8) is 0 Å². The maximum atomic E-state index is 12.0. The fourth-order valence-corrected chi connectivity index (χ4v) is 7.50. The highest BCUT2D eigenvalue weighted by molar-refractivity contribution is 5.91. The van der Waals surface area contributed by atoms with E-state index in [1.165, 1.54) is 44.1 Å². The van der Waals surface area contributed by atoms with E-state index in [0.29, 0.717) is 11.7 Å². The van der Waals surface area contributed by atoms with Gasteiger partial charge in [-0.2, -0.15) is 5.26 Å². The molecule has 1 unspecified atom stereocenters. The van der Waals surface area contributed by atoms with E-state index in [2.05, 4.69) is 13.0 Å². The fourth-order valence-electron chi connectivity index (χ4n) is 7.50. The molecule has 0 heterocycles. The first-order valence-corrected chi connectivity index (χ1v) is 10.2. The van der Waals surface area contributed by atoms with Gasteiger partial charge in [0.2, 0.25) is 0 Å². The van der Waals surface area contributed by atoms with Crippen LogP contribution in [0.3, 0.4) is 0 Å². The summed E-state index contributed by atoms with van der Waals surface area (Å²) in [4.78, 5) is 12.0. The highest BCUT2D eigenvalue weighted by atomic mass is 16.1. The van der Waals surface area contributed by atoms with Crippen LogP contribution in [0.15, 0.2) is 11.6 Å². The van der Waals surface area contributed by atoms with E-state index in [0.717, 1.165) is 48.9 Å². The third kappa shape index (κ3) is 2.03. The molecular formula is C22H29NO.